The van der Waals surface area contributed by atoms with Gasteiger partial charge in [0.25, 0.3) is 0 Å². The lowest BCUT2D eigenvalue weighted by molar-refractivity contribution is 0.410. The van der Waals surface area contributed by atoms with Gasteiger partial charge >= 0.3 is 0 Å². The van der Waals surface area contributed by atoms with E-state index in [2.05, 4.69) is 17.8 Å². The molecule has 1 N–H and O–H groups in total. The van der Waals surface area contributed by atoms with Crippen LogP contribution in [0.25, 0.3) is 0 Å². The predicted octanol–water partition coefficient (Wildman–Crippen LogP) is 2.02. The second kappa shape index (κ2) is 6.71. The Hall–Kier alpha value is -1.72. The van der Waals surface area contributed by atoms with Crippen LogP contribution in [-0.4, -0.2) is 20.2 Å². The van der Waals surface area contributed by atoms with Crippen molar-refractivity contribution < 1.29 is 4.74 Å². The molecule has 0 unspecified atom stereocenters. The first-order valence-electron chi connectivity index (χ1n) is 5.20. The van der Waals surface area contributed by atoms with Crippen LogP contribution in [0.1, 0.15) is 5.56 Å². The van der Waals surface area contributed by atoms with Gasteiger partial charge in [0, 0.05) is 6.54 Å². The number of methoxy groups -OCH3 is 1. The van der Waals surface area contributed by atoms with E-state index in [1.807, 2.05) is 24.3 Å². The number of hydrogen-bond acceptors (Lipinski definition) is 2. The van der Waals surface area contributed by atoms with Crippen LogP contribution < -0.4 is 10.1 Å². The summed E-state index contributed by atoms with van der Waals surface area (Å²) < 4.78 is 5.28. The number of para-hydroxylation sites is 1. The van der Waals surface area contributed by atoms with E-state index in [4.69, 9.17) is 11.2 Å². The van der Waals surface area contributed by atoms with Crippen molar-refractivity contribution >= 4 is 0 Å². The largest absolute Gasteiger partial charge is 0.496 e. The van der Waals surface area contributed by atoms with Crippen molar-refractivity contribution in [2.45, 2.75) is 6.42 Å². The Morgan fingerprint density at radius 2 is 2.25 bits per heavy atom. The van der Waals surface area contributed by atoms with Gasteiger partial charge in [0.15, 0.2) is 0 Å². The maximum Gasteiger partial charge on any atom is 0.122 e. The van der Waals surface area contributed by atoms with Crippen LogP contribution in [0.4, 0.5) is 0 Å². The van der Waals surface area contributed by atoms with E-state index in [9.17, 15) is 0 Å². The smallest absolute Gasteiger partial charge is 0.122 e. The number of rotatable bonds is 6. The van der Waals surface area contributed by atoms with Gasteiger partial charge in [-0.3, -0.25) is 0 Å². The normalized spacial score (nSPS) is 9.50. The number of hydrogen-bond donors (Lipinski definition) is 1. The summed E-state index contributed by atoms with van der Waals surface area (Å²) in [5.41, 5.74) is 2.25. The number of benzene rings is 1. The summed E-state index contributed by atoms with van der Waals surface area (Å²) >= 11 is 0. The topological polar surface area (TPSA) is 21.3 Å². The zero-order chi connectivity index (χ0) is 11.8. The minimum atomic E-state index is 0.574. The van der Waals surface area contributed by atoms with Crippen LogP contribution in [0.3, 0.4) is 0 Å². The predicted molar refractivity (Wildman–Crippen MR) is 67.5 cm³/mol. The van der Waals surface area contributed by atoms with E-state index >= 15 is 0 Å². The average molecular weight is 215 g/mol. The molecule has 0 saturated carbocycles. The molecular weight excluding hydrogens is 198 g/mol. The molecule has 0 atom stereocenters. The molecule has 1 rings (SSSR count). The maximum atomic E-state index is 5.28. The van der Waals surface area contributed by atoms with Gasteiger partial charge in [-0.1, -0.05) is 36.3 Å². The lowest BCUT2D eigenvalue weighted by Crippen LogP contribution is -2.17. The van der Waals surface area contributed by atoms with Crippen molar-refractivity contribution in [3.63, 3.8) is 0 Å². The van der Waals surface area contributed by atoms with E-state index < -0.39 is 0 Å². The van der Waals surface area contributed by atoms with E-state index in [1.165, 1.54) is 0 Å². The molecule has 2 heteroatoms. The molecule has 0 aliphatic rings. The first-order valence-corrected chi connectivity index (χ1v) is 5.20. The molecule has 0 aliphatic heterocycles. The molecule has 0 aliphatic carbocycles. The molecule has 16 heavy (non-hydrogen) atoms. The summed E-state index contributed by atoms with van der Waals surface area (Å²) in [7, 11) is 1.68. The molecule has 0 spiro atoms. The summed E-state index contributed by atoms with van der Waals surface area (Å²) in [5, 5.41) is 3.12. The van der Waals surface area contributed by atoms with Crippen LogP contribution in [0.2, 0.25) is 0 Å². The number of ether oxygens (including phenoxy) is 1. The fourth-order valence-electron chi connectivity index (χ4n) is 1.49. The summed E-state index contributed by atoms with van der Waals surface area (Å²) in [6, 6.07) is 7.96. The summed E-state index contributed by atoms with van der Waals surface area (Å²) in [6.45, 7) is 5.32. The molecule has 0 aromatic heterocycles. The van der Waals surface area contributed by atoms with Crippen LogP contribution >= 0.6 is 0 Å². The molecule has 0 heterocycles. The lowest BCUT2D eigenvalue weighted by Gasteiger charge is -2.10. The fourth-order valence-corrected chi connectivity index (χ4v) is 1.49. The minimum absolute atomic E-state index is 0.574. The summed E-state index contributed by atoms with van der Waals surface area (Å²) in [6.07, 6.45) is 5.96. The Kier molecular flexibility index (Phi) is 5.18. The minimum Gasteiger partial charge on any atom is -0.496 e. The highest BCUT2D eigenvalue weighted by Gasteiger charge is 2.03. The molecule has 1 aromatic carbocycles. The van der Waals surface area contributed by atoms with Crippen LogP contribution in [0, 0.1) is 12.3 Å². The van der Waals surface area contributed by atoms with Crippen LogP contribution in [-0.2, 0) is 6.42 Å². The zero-order valence-electron chi connectivity index (χ0n) is 9.62. The molecule has 0 fully saturated rings. The third kappa shape index (κ3) is 3.80. The molecular formula is C14H17NO. The van der Waals surface area contributed by atoms with Crippen molar-refractivity contribution in [3.8, 4) is 18.1 Å². The second-order valence-corrected chi connectivity index (χ2v) is 3.55. The number of nitrogens with one attached hydrogen (secondary N) is 1. The quantitative estimate of drug-likeness (QED) is 0.445. The lowest BCUT2D eigenvalue weighted by atomic mass is 10.1. The third-order valence-corrected chi connectivity index (χ3v) is 2.24. The van der Waals surface area contributed by atoms with Crippen molar-refractivity contribution in [3.05, 3.63) is 42.0 Å². The zero-order valence-corrected chi connectivity index (χ0v) is 9.62. The molecule has 1 aromatic rings. The van der Waals surface area contributed by atoms with Gasteiger partial charge in [-0.15, -0.1) is 6.42 Å². The molecule has 84 valence electrons. The van der Waals surface area contributed by atoms with Gasteiger partial charge in [-0.2, -0.15) is 0 Å². The molecule has 0 amide bonds. The van der Waals surface area contributed by atoms with E-state index in [1.54, 1.807) is 7.11 Å². The van der Waals surface area contributed by atoms with Gasteiger partial charge in [-0.05, 0) is 18.1 Å². The molecule has 0 saturated heterocycles. The van der Waals surface area contributed by atoms with E-state index in [0.29, 0.717) is 6.54 Å². The Morgan fingerprint density at radius 3 is 2.94 bits per heavy atom. The van der Waals surface area contributed by atoms with Crippen LogP contribution in [0.5, 0.6) is 5.75 Å². The SMILES string of the molecule is C#CCNCC(=C)Cc1ccccc1OC. The molecule has 0 bridgehead atoms. The highest BCUT2D eigenvalue weighted by atomic mass is 16.5. The highest BCUT2D eigenvalue weighted by molar-refractivity contribution is 5.36. The first-order chi connectivity index (χ1) is 7.77. The maximum absolute atomic E-state index is 5.28. The Morgan fingerprint density at radius 1 is 1.50 bits per heavy atom. The van der Waals surface area contributed by atoms with Crippen molar-refractivity contribution in [1.82, 2.24) is 5.32 Å². The first kappa shape index (κ1) is 12.4. The van der Waals surface area contributed by atoms with Gasteiger partial charge in [-0.25, -0.2) is 0 Å². The Labute approximate surface area is 97.3 Å². The van der Waals surface area contributed by atoms with Crippen molar-refractivity contribution in [2.24, 2.45) is 0 Å². The monoisotopic (exact) mass is 215 g/mol. The molecule has 2 nitrogen and oxygen atoms in total. The van der Waals surface area contributed by atoms with Crippen molar-refractivity contribution in [2.75, 3.05) is 20.2 Å². The van der Waals surface area contributed by atoms with E-state index in [0.717, 1.165) is 29.9 Å². The van der Waals surface area contributed by atoms with E-state index in [-0.39, 0.29) is 0 Å². The number of terminal acetylenes is 1. The summed E-state index contributed by atoms with van der Waals surface area (Å²) in [5.74, 6) is 3.44. The molecule has 0 radical (unpaired) electrons. The summed E-state index contributed by atoms with van der Waals surface area (Å²) in [4.78, 5) is 0. The van der Waals surface area contributed by atoms with Gasteiger partial charge < -0.3 is 10.1 Å². The van der Waals surface area contributed by atoms with Crippen molar-refractivity contribution in [1.29, 1.82) is 0 Å². The standard InChI is InChI=1S/C14H17NO/c1-4-9-15-11-12(2)10-13-7-5-6-8-14(13)16-3/h1,5-8,15H,2,9-11H2,3H3. The Balaban J connectivity index is 2.53. The van der Waals surface area contributed by atoms with Crippen LogP contribution in [0.15, 0.2) is 36.4 Å². The van der Waals surface area contributed by atoms with Gasteiger partial charge in [0.1, 0.15) is 5.75 Å². The average Bonchev–Trinajstić information content (AvgIpc) is 2.30. The highest BCUT2D eigenvalue weighted by Crippen LogP contribution is 2.19. The van der Waals surface area contributed by atoms with Gasteiger partial charge in [0.2, 0.25) is 0 Å². The fraction of sp³-hybridized carbons (Fsp3) is 0.286. The second-order valence-electron chi connectivity index (χ2n) is 3.55. The third-order valence-electron chi connectivity index (χ3n) is 2.24. The van der Waals surface area contributed by atoms with Gasteiger partial charge in [0.05, 0.1) is 13.7 Å². The Bertz CT molecular complexity index is 390.